The molecule has 6 rings (SSSR count). The average molecular weight is 520 g/mol. The zero-order valence-corrected chi connectivity index (χ0v) is 21.5. The van der Waals surface area contributed by atoms with E-state index in [1.807, 2.05) is 6.92 Å². The molecule has 4 saturated carbocycles. The maximum Gasteiger partial charge on any atom is 0.573 e. The monoisotopic (exact) mass is 519 g/mol. The number of nitrogens with zero attached hydrogens (tertiary/aromatic N) is 3. The number of Topliss-reactive ketones (excluding diaryl/α,β-unsaturated/α-hetero) is 1. The molecule has 0 aliphatic heterocycles. The average Bonchev–Trinajstić information content (AvgIpc) is 3.37. The highest BCUT2D eigenvalue weighted by Crippen LogP contribution is 2.64. The summed E-state index contributed by atoms with van der Waals surface area (Å²) >= 11 is 0. The Labute approximate surface area is 214 Å². The molecule has 4 aliphatic carbocycles. The van der Waals surface area contributed by atoms with Crippen LogP contribution in [-0.2, 0) is 11.3 Å². The molecule has 4 fully saturated rings. The van der Waals surface area contributed by atoms with Gasteiger partial charge in [0.2, 0.25) is 0 Å². The predicted molar refractivity (Wildman–Crippen MR) is 130 cm³/mol. The first-order valence-electron chi connectivity index (χ1n) is 13.8. The number of alkyl halides is 3. The van der Waals surface area contributed by atoms with Gasteiger partial charge in [0.15, 0.2) is 5.78 Å². The van der Waals surface area contributed by atoms with E-state index in [1.165, 1.54) is 35.7 Å². The Morgan fingerprint density at radius 3 is 2.65 bits per heavy atom. The molecule has 1 heterocycles. The van der Waals surface area contributed by atoms with Crippen LogP contribution in [0.25, 0.3) is 11.0 Å². The number of ketones is 1. The number of benzene rings is 1. The van der Waals surface area contributed by atoms with Crippen molar-refractivity contribution < 1.29 is 27.8 Å². The fraction of sp³-hybridized carbons (Fsp3) is 0.750. The number of hydrogen-bond acceptors (Lipinski definition) is 5. The van der Waals surface area contributed by atoms with Crippen molar-refractivity contribution in [2.24, 2.45) is 40.9 Å². The number of halogens is 3. The fourth-order valence-corrected chi connectivity index (χ4v) is 9.13. The lowest BCUT2D eigenvalue weighted by Gasteiger charge is -2.56. The molecule has 202 valence electrons. The molecular formula is C28H36F3N3O3. The summed E-state index contributed by atoms with van der Waals surface area (Å²) in [7, 11) is 0. The number of fused-ring (bicyclic) bond motifs is 6. The molecule has 1 aromatic carbocycles. The van der Waals surface area contributed by atoms with E-state index in [4.69, 9.17) is 0 Å². The first-order chi connectivity index (χ1) is 17.4. The minimum atomic E-state index is -4.79. The van der Waals surface area contributed by atoms with Crippen LogP contribution in [0.1, 0.15) is 71.6 Å². The van der Waals surface area contributed by atoms with Gasteiger partial charge in [0.25, 0.3) is 0 Å². The summed E-state index contributed by atoms with van der Waals surface area (Å²) < 4.78 is 43.6. The Morgan fingerprint density at radius 2 is 1.86 bits per heavy atom. The molecule has 0 radical (unpaired) electrons. The van der Waals surface area contributed by atoms with Gasteiger partial charge in [-0.3, -0.25) is 4.79 Å². The Bertz CT molecular complexity index is 1190. The third kappa shape index (κ3) is 4.45. The molecule has 37 heavy (non-hydrogen) atoms. The van der Waals surface area contributed by atoms with E-state index < -0.39 is 12.0 Å². The van der Waals surface area contributed by atoms with Gasteiger partial charge in [-0.15, -0.1) is 18.3 Å². The molecule has 0 amide bonds. The van der Waals surface area contributed by atoms with Gasteiger partial charge in [0.05, 0.1) is 11.1 Å². The van der Waals surface area contributed by atoms with E-state index in [1.54, 1.807) is 0 Å². The van der Waals surface area contributed by atoms with Crippen LogP contribution in [0.15, 0.2) is 18.2 Å². The highest BCUT2D eigenvalue weighted by Gasteiger charge is 2.58. The van der Waals surface area contributed by atoms with Crippen LogP contribution in [0, 0.1) is 40.9 Å². The third-order valence-corrected chi connectivity index (χ3v) is 10.7. The van der Waals surface area contributed by atoms with Crippen LogP contribution >= 0.6 is 0 Å². The first-order valence-corrected chi connectivity index (χ1v) is 13.8. The summed E-state index contributed by atoms with van der Waals surface area (Å²) in [5, 5.41) is 18.8. The van der Waals surface area contributed by atoms with Crippen molar-refractivity contribution in [3.8, 4) is 5.75 Å². The second-order valence-corrected chi connectivity index (χ2v) is 12.8. The highest BCUT2D eigenvalue weighted by molar-refractivity contribution is 5.84. The third-order valence-electron chi connectivity index (χ3n) is 10.7. The highest BCUT2D eigenvalue weighted by atomic mass is 19.4. The molecule has 9 heteroatoms. The zero-order valence-electron chi connectivity index (χ0n) is 21.5. The van der Waals surface area contributed by atoms with Crippen molar-refractivity contribution in [3.05, 3.63) is 18.2 Å². The number of carbonyl (C=O) groups is 1. The van der Waals surface area contributed by atoms with Crippen LogP contribution in [0.2, 0.25) is 0 Å². The van der Waals surface area contributed by atoms with E-state index in [-0.39, 0.29) is 29.4 Å². The predicted octanol–water partition coefficient (Wildman–Crippen LogP) is 5.92. The van der Waals surface area contributed by atoms with Gasteiger partial charge >= 0.3 is 6.36 Å². The lowest BCUT2D eigenvalue weighted by atomic mass is 9.49. The Kier molecular flexibility index (Phi) is 5.90. The largest absolute Gasteiger partial charge is 0.573 e. The van der Waals surface area contributed by atoms with Crippen molar-refractivity contribution in [3.63, 3.8) is 0 Å². The minimum absolute atomic E-state index is 0.00677. The smallest absolute Gasteiger partial charge is 0.406 e. The molecule has 1 aromatic heterocycles. The van der Waals surface area contributed by atoms with Crippen LogP contribution in [-0.4, -0.2) is 37.8 Å². The van der Waals surface area contributed by atoms with Gasteiger partial charge in [-0.05, 0) is 112 Å². The van der Waals surface area contributed by atoms with Crippen molar-refractivity contribution >= 4 is 16.8 Å². The van der Waals surface area contributed by atoms with Crippen molar-refractivity contribution in [2.45, 2.75) is 90.1 Å². The molecular weight excluding hydrogens is 483 g/mol. The molecule has 8 atom stereocenters. The molecule has 8 unspecified atom stereocenters. The molecule has 0 spiro atoms. The van der Waals surface area contributed by atoms with Crippen LogP contribution < -0.4 is 4.74 Å². The second kappa shape index (κ2) is 8.68. The van der Waals surface area contributed by atoms with Crippen LogP contribution in [0.5, 0.6) is 5.75 Å². The van der Waals surface area contributed by atoms with Crippen molar-refractivity contribution in [1.29, 1.82) is 0 Å². The van der Waals surface area contributed by atoms with E-state index in [0.29, 0.717) is 40.6 Å². The summed E-state index contributed by atoms with van der Waals surface area (Å²) in [5.41, 5.74) is 0.228. The molecule has 2 aromatic rings. The minimum Gasteiger partial charge on any atom is -0.406 e. The number of ether oxygens (including phenoxy) is 1. The van der Waals surface area contributed by atoms with Crippen molar-refractivity contribution in [1.82, 2.24) is 15.0 Å². The molecule has 6 nitrogen and oxygen atoms in total. The number of aromatic nitrogens is 3. The standard InChI is InChI=1S/C28H36F3N3O3/c1-26(36)11-9-18-16(14-26)3-5-20-19(18)10-12-27(2)21(20)6-7-22(27)25(35)15-34-24-13-17(37-28(29,30)31)4-8-23(24)32-33-34/h4,8,13,16,18-22,36H,3,5-7,9-12,14-15H2,1-2H3. The van der Waals surface area contributed by atoms with Crippen molar-refractivity contribution in [2.75, 3.05) is 0 Å². The normalized spacial score (nSPS) is 39.6. The van der Waals surface area contributed by atoms with E-state index in [9.17, 15) is 23.1 Å². The number of carbonyl (C=O) groups excluding carboxylic acids is 1. The molecule has 1 N–H and O–H groups in total. The first kappa shape index (κ1) is 25.1. The number of aliphatic hydroxyl groups is 1. The van der Waals surface area contributed by atoms with E-state index in [0.717, 1.165) is 44.9 Å². The van der Waals surface area contributed by atoms with Gasteiger partial charge in [-0.1, -0.05) is 12.1 Å². The number of hydrogen-bond donors (Lipinski definition) is 1. The lowest BCUT2D eigenvalue weighted by molar-refractivity contribution is -0.274. The summed E-state index contributed by atoms with van der Waals surface area (Å²) in [4.78, 5) is 13.7. The topological polar surface area (TPSA) is 77.2 Å². The quantitative estimate of drug-likeness (QED) is 0.543. The Hall–Kier alpha value is -2.16. The zero-order chi connectivity index (χ0) is 26.2. The van der Waals surface area contributed by atoms with Gasteiger partial charge < -0.3 is 9.84 Å². The van der Waals surface area contributed by atoms with E-state index >= 15 is 0 Å². The van der Waals surface area contributed by atoms with Gasteiger partial charge in [-0.25, -0.2) is 4.68 Å². The van der Waals surface area contributed by atoms with E-state index in [2.05, 4.69) is 22.0 Å². The van der Waals surface area contributed by atoms with Gasteiger partial charge in [0, 0.05) is 12.0 Å². The second-order valence-electron chi connectivity index (χ2n) is 12.8. The maximum atomic E-state index is 13.7. The lowest BCUT2D eigenvalue weighted by Crippen LogP contribution is -2.51. The molecule has 4 aliphatic rings. The molecule has 0 bridgehead atoms. The van der Waals surface area contributed by atoms with Gasteiger partial charge in [0.1, 0.15) is 17.8 Å². The summed E-state index contributed by atoms with van der Waals surface area (Å²) in [5.74, 6) is 2.89. The molecule has 0 saturated heterocycles. The Balaban J connectivity index is 1.18. The summed E-state index contributed by atoms with van der Waals surface area (Å²) in [6.07, 6.45) is 4.62. The van der Waals surface area contributed by atoms with Crippen LogP contribution in [0.3, 0.4) is 0 Å². The van der Waals surface area contributed by atoms with Gasteiger partial charge in [-0.2, -0.15) is 0 Å². The fourth-order valence-electron chi connectivity index (χ4n) is 9.13. The Morgan fingerprint density at radius 1 is 1.08 bits per heavy atom. The number of rotatable bonds is 4. The van der Waals surface area contributed by atoms with Crippen LogP contribution in [0.4, 0.5) is 13.2 Å². The summed E-state index contributed by atoms with van der Waals surface area (Å²) in [6.45, 7) is 4.30. The maximum absolute atomic E-state index is 13.7. The SMILES string of the molecule is CC1(O)CCC2C(CCC3C2CCC2(C)C(C(=O)Cn4nnc5ccc(OC(F)(F)F)cc54)CCC32)C1. The summed E-state index contributed by atoms with van der Waals surface area (Å²) in [6, 6.07) is 3.89.